The molecule has 6 heteroatoms. The standard InChI is InChI=1S/C10H14N2O3S/c13-9(14)4-7-6-16-10(12-7)11-5-8-2-1-3-15-8/h6,8H,1-5H2,(H,11,12)(H,13,14)/p-1/t8-/m0/s1. The second kappa shape index (κ2) is 5.27. The molecule has 1 aliphatic heterocycles. The highest BCUT2D eigenvalue weighted by atomic mass is 32.1. The lowest BCUT2D eigenvalue weighted by Crippen LogP contribution is -2.24. The molecular formula is C10H13N2O3S-. The Labute approximate surface area is 97.5 Å². The van der Waals surface area contributed by atoms with Crippen LogP contribution in [0.25, 0.3) is 0 Å². The van der Waals surface area contributed by atoms with Crippen molar-refractivity contribution in [3.8, 4) is 0 Å². The molecule has 0 spiro atoms. The lowest BCUT2D eigenvalue weighted by molar-refractivity contribution is -0.304. The maximum atomic E-state index is 10.4. The van der Waals surface area contributed by atoms with Crippen LogP contribution in [0.5, 0.6) is 0 Å². The molecule has 1 aromatic rings. The fourth-order valence-electron chi connectivity index (χ4n) is 1.62. The average molecular weight is 241 g/mol. The molecule has 1 saturated heterocycles. The van der Waals surface area contributed by atoms with Crippen molar-refractivity contribution in [1.82, 2.24) is 4.98 Å². The van der Waals surface area contributed by atoms with Crippen molar-refractivity contribution in [1.29, 1.82) is 0 Å². The first-order valence-corrected chi connectivity index (χ1v) is 6.12. The second-order valence-electron chi connectivity index (χ2n) is 3.71. The van der Waals surface area contributed by atoms with Crippen LogP contribution in [0.4, 0.5) is 5.13 Å². The van der Waals surface area contributed by atoms with Gasteiger partial charge in [0.1, 0.15) is 0 Å². The van der Waals surface area contributed by atoms with E-state index in [1.807, 2.05) is 0 Å². The van der Waals surface area contributed by atoms with Gasteiger partial charge in [-0.2, -0.15) is 0 Å². The fraction of sp³-hybridized carbons (Fsp3) is 0.600. The third kappa shape index (κ3) is 3.18. The fourth-order valence-corrected chi connectivity index (χ4v) is 2.34. The van der Waals surface area contributed by atoms with Gasteiger partial charge in [0.2, 0.25) is 0 Å². The smallest absolute Gasteiger partial charge is 0.182 e. The van der Waals surface area contributed by atoms with E-state index in [0.717, 1.165) is 31.1 Å². The van der Waals surface area contributed by atoms with Gasteiger partial charge in [0.05, 0.1) is 11.8 Å². The van der Waals surface area contributed by atoms with Crippen LogP contribution >= 0.6 is 11.3 Å². The summed E-state index contributed by atoms with van der Waals surface area (Å²) in [6.45, 7) is 1.57. The van der Waals surface area contributed by atoms with Gasteiger partial charge in [0.25, 0.3) is 0 Å². The minimum absolute atomic E-state index is 0.127. The van der Waals surface area contributed by atoms with E-state index < -0.39 is 5.97 Å². The minimum Gasteiger partial charge on any atom is -0.550 e. The summed E-state index contributed by atoms with van der Waals surface area (Å²) in [5, 5.41) is 16.0. The van der Waals surface area contributed by atoms with Crippen LogP contribution in [0.2, 0.25) is 0 Å². The van der Waals surface area contributed by atoms with Gasteiger partial charge in [0, 0.05) is 30.9 Å². The van der Waals surface area contributed by atoms with Crippen molar-refractivity contribution < 1.29 is 14.6 Å². The molecule has 0 bridgehead atoms. The Balaban J connectivity index is 1.80. The average Bonchev–Trinajstić information content (AvgIpc) is 2.84. The number of ether oxygens (including phenoxy) is 1. The lowest BCUT2D eigenvalue weighted by atomic mass is 10.2. The number of carbonyl (C=O) groups excluding carboxylic acids is 1. The Morgan fingerprint density at radius 1 is 1.75 bits per heavy atom. The number of hydrogen-bond donors (Lipinski definition) is 1. The first-order chi connectivity index (χ1) is 7.74. The number of nitrogens with zero attached hydrogens (tertiary/aromatic N) is 1. The van der Waals surface area contributed by atoms with Crippen molar-refractivity contribution in [2.24, 2.45) is 0 Å². The maximum absolute atomic E-state index is 10.4. The van der Waals surface area contributed by atoms with E-state index in [1.165, 1.54) is 11.3 Å². The summed E-state index contributed by atoms with van der Waals surface area (Å²) in [7, 11) is 0. The van der Waals surface area contributed by atoms with Gasteiger partial charge in [-0.25, -0.2) is 4.98 Å². The third-order valence-electron chi connectivity index (χ3n) is 2.38. The van der Waals surface area contributed by atoms with Crippen molar-refractivity contribution in [2.45, 2.75) is 25.4 Å². The zero-order valence-electron chi connectivity index (χ0n) is 8.77. The molecule has 1 aromatic heterocycles. The molecule has 16 heavy (non-hydrogen) atoms. The van der Waals surface area contributed by atoms with Crippen LogP contribution in [0.3, 0.4) is 0 Å². The van der Waals surface area contributed by atoms with E-state index in [-0.39, 0.29) is 12.5 Å². The second-order valence-corrected chi connectivity index (χ2v) is 4.57. The topological polar surface area (TPSA) is 74.3 Å². The number of thiazole rings is 1. The molecule has 1 atom stereocenters. The number of aromatic nitrogens is 1. The van der Waals surface area contributed by atoms with Crippen LogP contribution in [-0.2, 0) is 16.0 Å². The molecule has 0 unspecified atom stereocenters. The predicted octanol–water partition coefficient (Wildman–Crippen LogP) is 0.0264. The molecule has 0 aliphatic carbocycles. The highest BCUT2D eigenvalue weighted by Crippen LogP contribution is 2.17. The molecule has 1 fully saturated rings. The van der Waals surface area contributed by atoms with Gasteiger partial charge < -0.3 is 20.0 Å². The number of anilines is 1. The summed E-state index contributed by atoms with van der Waals surface area (Å²) in [5.74, 6) is -1.10. The number of rotatable bonds is 5. The van der Waals surface area contributed by atoms with E-state index in [4.69, 9.17) is 4.74 Å². The number of nitrogens with one attached hydrogen (secondary N) is 1. The molecule has 88 valence electrons. The van der Waals surface area contributed by atoms with Crippen LogP contribution in [-0.4, -0.2) is 30.2 Å². The van der Waals surface area contributed by atoms with E-state index in [1.54, 1.807) is 5.38 Å². The first-order valence-electron chi connectivity index (χ1n) is 5.24. The quantitative estimate of drug-likeness (QED) is 0.787. The van der Waals surface area contributed by atoms with Gasteiger partial charge in [-0.15, -0.1) is 11.3 Å². The van der Waals surface area contributed by atoms with Crippen LogP contribution < -0.4 is 10.4 Å². The molecule has 1 N–H and O–H groups in total. The summed E-state index contributed by atoms with van der Waals surface area (Å²) in [4.78, 5) is 14.5. The van der Waals surface area contributed by atoms with Gasteiger partial charge in [-0.3, -0.25) is 0 Å². The van der Waals surface area contributed by atoms with Crippen molar-refractivity contribution >= 4 is 22.4 Å². The third-order valence-corrected chi connectivity index (χ3v) is 3.23. The Kier molecular flexibility index (Phi) is 3.74. The zero-order valence-corrected chi connectivity index (χ0v) is 9.59. The number of aliphatic carboxylic acids is 1. The molecule has 1 aliphatic rings. The highest BCUT2D eigenvalue weighted by molar-refractivity contribution is 7.13. The summed E-state index contributed by atoms with van der Waals surface area (Å²) in [6, 6.07) is 0. The summed E-state index contributed by atoms with van der Waals surface area (Å²) in [6.07, 6.45) is 2.32. The SMILES string of the molecule is O=C([O-])Cc1csc(NC[C@@H]2CCCO2)n1. The molecule has 0 radical (unpaired) electrons. The number of carboxylic acid groups (broad SMARTS) is 1. The van der Waals surface area contributed by atoms with Crippen LogP contribution in [0, 0.1) is 0 Å². The van der Waals surface area contributed by atoms with E-state index in [0.29, 0.717) is 5.69 Å². The predicted molar refractivity (Wildman–Crippen MR) is 58.3 cm³/mol. The number of hydrogen-bond acceptors (Lipinski definition) is 6. The molecule has 5 nitrogen and oxygen atoms in total. The van der Waals surface area contributed by atoms with E-state index >= 15 is 0 Å². The Hall–Kier alpha value is -1.14. The van der Waals surface area contributed by atoms with Crippen molar-refractivity contribution in [3.63, 3.8) is 0 Å². The maximum Gasteiger partial charge on any atom is 0.182 e. The number of carbonyl (C=O) groups is 1. The summed E-state index contributed by atoms with van der Waals surface area (Å²) < 4.78 is 5.46. The van der Waals surface area contributed by atoms with E-state index in [2.05, 4.69) is 10.3 Å². The van der Waals surface area contributed by atoms with Crippen LogP contribution in [0.15, 0.2) is 5.38 Å². The first kappa shape index (κ1) is 11.3. The van der Waals surface area contributed by atoms with Gasteiger partial charge in [-0.05, 0) is 12.8 Å². The molecule has 2 heterocycles. The largest absolute Gasteiger partial charge is 0.550 e. The summed E-state index contributed by atoms with van der Waals surface area (Å²) in [5.41, 5.74) is 0.542. The van der Waals surface area contributed by atoms with Crippen molar-refractivity contribution in [2.75, 3.05) is 18.5 Å². The van der Waals surface area contributed by atoms with Gasteiger partial charge in [0.15, 0.2) is 5.13 Å². The number of carboxylic acids is 1. The lowest BCUT2D eigenvalue weighted by Gasteiger charge is -2.09. The molecular weight excluding hydrogens is 228 g/mol. The normalized spacial score (nSPS) is 19.9. The van der Waals surface area contributed by atoms with Crippen LogP contribution in [0.1, 0.15) is 18.5 Å². The molecule has 2 rings (SSSR count). The zero-order chi connectivity index (χ0) is 11.4. The monoisotopic (exact) mass is 241 g/mol. The molecule has 0 aromatic carbocycles. The van der Waals surface area contributed by atoms with Crippen molar-refractivity contribution in [3.05, 3.63) is 11.1 Å². The molecule has 0 saturated carbocycles. The highest BCUT2D eigenvalue weighted by Gasteiger charge is 2.15. The molecule has 0 amide bonds. The summed E-state index contributed by atoms with van der Waals surface area (Å²) >= 11 is 1.41. The minimum atomic E-state index is -1.10. The van der Waals surface area contributed by atoms with Gasteiger partial charge >= 0.3 is 0 Å². The Morgan fingerprint density at radius 2 is 2.62 bits per heavy atom. The van der Waals surface area contributed by atoms with Gasteiger partial charge in [-0.1, -0.05) is 0 Å². The van der Waals surface area contributed by atoms with E-state index in [9.17, 15) is 9.90 Å². The Morgan fingerprint density at radius 3 is 3.31 bits per heavy atom. The Bertz CT molecular complexity index is 361.